The second-order valence-corrected chi connectivity index (χ2v) is 3.59. The highest BCUT2D eigenvalue weighted by molar-refractivity contribution is 5.98. The number of hydrogen-bond donors (Lipinski definition) is 2. The molecule has 88 valence electrons. The molecule has 0 aliphatic rings. The molecule has 2 rings (SSSR count). The molecule has 2 amide bonds. The number of carbonyl (C=O) groups excluding carboxylic acids is 1. The minimum atomic E-state index is -0.359. The normalized spacial score (nSPS) is 10.0. The first-order valence-corrected chi connectivity index (χ1v) is 5.15. The maximum atomic E-state index is 11.6. The maximum Gasteiger partial charge on any atom is 0.326 e. The predicted octanol–water partition coefficient (Wildman–Crippen LogP) is 1.77. The van der Waals surface area contributed by atoms with Crippen LogP contribution in [0.5, 0.6) is 0 Å². The van der Waals surface area contributed by atoms with Gasteiger partial charge in [-0.15, -0.1) is 0 Å². The standard InChI is InChI=1S/C11H13N5O/c1-8-7-10(15-16(8)2)14-11(17)13-9-5-3-4-6-12-9/h3-7H,1-2H3,(H2,12,13,14,15,17). The molecular weight excluding hydrogens is 218 g/mol. The summed E-state index contributed by atoms with van der Waals surface area (Å²) in [5, 5.41) is 9.35. The van der Waals surface area contributed by atoms with Gasteiger partial charge in [0, 0.05) is 25.0 Å². The summed E-state index contributed by atoms with van der Waals surface area (Å²) >= 11 is 0. The summed E-state index contributed by atoms with van der Waals surface area (Å²) in [5.74, 6) is 1.01. The van der Waals surface area contributed by atoms with Crippen LogP contribution in [0.4, 0.5) is 16.4 Å². The molecular formula is C11H13N5O. The van der Waals surface area contributed by atoms with Crippen molar-refractivity contribution in [3.8, 4) is 0 Å². The van der Waals surface area contributed by atoms with Gasteiger partial charge in [-0.2, -0.15) is 5.10 Å². The van der Waals surface area contributed by atoms with Crippen molar-refractivity contribution in [1.29, 1.82) is 0 Å². The third-order valence-electron chi connectivity index (χ3n) is 2.26. The fourth-order valence-corrected chi connectivity index (χ4v) is 1.32. The molecule has 2 aromatic heterocycles. The van der Waals surface area contributed by atoms with Gasteiger partial charge in [0.25, 0.3) is 0 Å². The molecule has 2 heterocycles. The van der Waals surface area contributed by atoms with Crippen LogP contribution >= 0.6 is 0 Å². The number of carbonyl (C=O) groups is 1. The Bertz CT molecular complexity index is 500. The number of pyridine rings is 1. The molecule has 2 N–H and O–H groups in total. The van der Waals surface area contributed by atoms with Crippen LogP contribution in [0.2, 0.25) is 0 Å². The molecule has 0 aromatic carbocycles. The number of rotatable bonds is 2. The van der Waals surface area contributed by atoms with E-state index in [1.807, 2.05) is 14.0 Å². The van der Waals surface area contributed by atoms with E-state index >= 15 is 0 Å². The quantitative estimate of drug-likeness (QED) is 0.827. The van der Waals surface area contributed by atoms with Gasteiger partial charge in [-0.25, -0.2) is 9.78 Å². The van der Waals surface area contributed by atoms with E-state index in [2.05, 4.69) is 20.7 Å². The van der Waals surface area contributed by atoms with Gasteiger partial charge >= 0.3 is 6.03 Å². The zero-order valence-electron chi connectivity index (χ0n) is 9.64. The van der Waals surface area contributed by atoms with E-state index in [1.165, 1.54) is 0 Å². The van der Waals surface area contributed by atoms with Gasteiger partial charge in [0.2, 0.25) is 0 Å². The summed E-state index contributed by atoms with van der Waals surface area (Å²) in [5.41, 5.74) is 0.970. The first kappa shape index (κ1) is 11.1. The van der Waals surface area contributed by atoms with E-state index < -0.39 is 0 Å². The minimum Gasteiger partial charge on any atom is -0.292 e. The number of anilines is 2. The van der Waals surface area contributed by atoms with E-state index in [9.17, 15) is 4.79 Å². The fraction of sp³-hybridized carbons (Fsp3) is 0.182. The van der Waals surface area contributed by atoms with Crippen molar-refractivity contribution < 1.29 is 4.79 Å². The topological polar surface area (TPSA) is 71.8 Å². The van der Waals surface area contributed by atoms with Gasteiger partial charge in [0.1, 0.15) is 5.82 Å². The van der Waals surface area contributed by atoms with Gasteiger partial charge in [-0.3, -0.25) is 15.3 Å². The van der Waals surface area contributed by atoms with Crippen LogP contribution in [0.1, 0.15) is 5.69 Å². The largest absolute Gasteiger partial charge is 0.326 e. The average Bonchev–Trinajstić information content (AvgIpc) is 2.59. The Balaban J connectivity index is 1.98. The Hall–Kier alpha value is -2.37. The van der Waals surface area contributed by atoms with E-state index in [-0.39, 0.29) is 6.03 Å². The third kappa shape index (κ3) is 2.81. The van der Waals surface area contributed by atoms with Gasteiger partial charge in [0.05, 0.1) is 0 Å². The number of nitrogens with zero attached hydrogens (tertiary/aromatic N) is 3. The smallest absolute Gasteiger partial charge is 0.292 e. The maximum absolute atomic E-state index is 11.6. The molecule has 0 aliphatic heterocycles. The van der Waals surface area contributed by atoms with Crippen molar-refractivity contribution in [1.82, 2.24) is 14.8 Å². The lowest BCUT2D eigenvalue weighted by atomic mass is 10.4. The molecule has 0 radical (unpaired) electrons. The highest BCUT2D eigenvalue weighted by Gasteiger charge is 2.06. The van der Waals surface area contributed by atoms with E-state index in [0.717, 1.165) is 5.69 Å². The SMILES string of the molecule is Cc1cc(NC(=O)Nc2ccccn2)nn1C. The van der Waals surface area contributed by atoms with Crippen LogP contribution in [0.3, 0.4) is 0 Å². The van der Waals surface area contributed by atoms with E-state index in [4.69, 9.17) is 0 Å². The van der Waals surface area contributed by atoms with Crippen LogP contribution in [0, 0.1) is 6.92 Å². The second-order valence-electron chi connectivity index (χ2n) is 3.59. The number of aromatic nitrogens is 3. The molecule has 6 nitrogen and oxygen atoms in total. The molecule has 6 heteroatoms. The highest BCUT2D eigenvalue weighted by Crippen LogP contribution is 2.07. The Labute approximate surface area is 98.7 Å². The zero-order chi connectivity index (χ0) is 12.3. The van der Waals surface area contributed by atoms with Gasteiger partial charge in [-0.1, -0.05) is 6.07 Å². The molecule has 0 fully saturated rings. The first-order chi connectivity index (χ1) is 8.15. The Morgan fingerprint density at radius 2 is 2.06 bits per heavy atom. The van der Waals surface area contributed by atoms with Gasteiger partial charge in [0.15, 0.2) is 5.82 Å². The van der Waals surface area contributed by atoms with Gasteiger partial charge in [-0.05, 0) is 19.1 Å². The number of aryl methyl sites for hydroxylation is 2. The van der Waals surface area contributed by atoms with E-state index in [1.54, 1.807) is 35.1 Å². The van der Waals surface area contributed by atoms with Crippen molar-refractivity contribution in [2.24, 2.45) is 7.05 Å². The van der Waals surface area contributed by atoms with Gasteiger partial charge < -0.3 is 0 Å². The number of nitrogens with one attached hydrogen (secondary N) is 2. The number of hydrogen-bond acceptors (Lipinski definition) is 3. The van der Waals surface area contributed by atoms with Crippen molar-refractivity contribution in [2.45, 2.75) is 6.92 Å². The van der Waals surface area contributed by atoms with Crippen molar-refractivity contribution >= 4 is 17.7 Å². The molecule has 0 unspecified atom stereocenters. The molecule has 17 heavy (non-hydrogen) atoms. The molecule has 0 aliphatic carbocycles. The van der Waals surface area contributed by atoms with Crippen LogP contribution in [-0.2, 0) is 7.05 Å². The summed E-state index contributed by atoms with van der Waals surface area (Å²) in [6, 6.07) is 6.72. The number of amides is 2. The Kier molecular flexibility index (Phi) is 3.04. The summed E-state index contributed by atoms with van der Waals surface area (Å²) in [6.45, 7) is 1.91. The Morgan fingerprint density at radius 3 is 2.65 bits per heavy atom. The minimum absolute atomic E-state index is 0.359. The highest BCUT2D eigenvalue weighted by atomic mass is 16.2. The lowest BCUT2D eigenvalue weighted by Crippen LogP contribution is -2.20. The van der Waals surface area contributed by atoms with Crippen LogP contribution in [0.15, 0.2) is 30.5 Å². The van der Waals surface area contributed by atoms with Crippen LogP contribution in [-0.4, -0.2) is 20.8 Å². The van der Waals surface area contributed by atoms with Crippen molar-refractivity contribution in [2.75, 3.05) is 10.6 Å². The second kappa shape index (κ2) is 4.65. The summed E-state index contributed by atoms with van der Waals surface area (Å²) < 4.78 is 1.69. The van der Waals surface area contributed by atoms with Crippen molar-refractivity contribution in [3.63, 3.8) is 0 Å². The lowest BCUT2D eigenvalue weighted by Gasteiger charge is -2.03. The fourth-order valence-electron chi connectivity index (χ4n) is 1.32. The molecule has 0 saturated heterocycles. The molecule has 0 bridgehead atoms. The number of urea groups is 1. The van der Waals surface area contributed by atoms with Crippen LogP contribution in [0.25, 0.3) is 0 Å². The summed E-state index contributed by atoms with van der Waals surface area (Å²) in [7, 11) is 1.82. The molecule has 2 aromatic rings. The first-order valence-electron chi connectivity index (χ1n) is 5.15. The molecule has 0 atom stereocenters. The average molecular weight is 231 g/mol. The zero-order valence-corrected chi connectivity index (χ0v) is 9.64. The Morgan fingerprint density at radius 1 is 1.29 bits per heavy atom. The molecule has 0 saturated carbocycles. The third-order valence-corrected chi connectivity index (χ3v) is 2.26. The van der Waals surface area contributed by atoms with E-state index in [0.29, 0.717) is 11.6 Å². The summed E-state index contributed by atoms with van der Waals surface area (Å²) in [4.78, 5) is 15.6. The predicted molar refractivity (Wildman–Crippen MR) is 64.8 cm³/mol. The monoisotopic (exact) mass is 231 g/mol. The van der Waals surface area contributed by atoms with Crippen molar-refractivity contribution in [3.05, 3.63) is 36.2 Å². The summed E-state index contributed by atoms with van der Waals surface area (Å²) in [6.07, 6.45) is 1.61. The lowest BCUT2D eigenvalue weighted by molar-refractivity contribution is 0.262. The molecule has 0 spiro atoms. The van der Waals surface area contributed by atoms with Crippen LogP contribution < -0.4 is 10.6 Å².